The second kappa shape index (κ2) is 4.55. The molecule has 5 nitrogen and oxygen atoms in total. The third-order valence-corrected chi connectivity index (χ3v) is 2.21. The fraction of sp³-hybridized carbons (Fsp3) is 0.875. The van der Waals surface area contributed by atoms with E-state index in [0.29, 0.717) is 0 Å². The molecular formula is C8H18N2O3. The van der Waals surface area contributed by atoms with Gasteiger partial charge in [-0.1, -0.05) is 0 Å². The predicted molar refractivity (Wildman–Crippen MR) is 49.4 cm³/mol. The van der Waals surface area contributed by atoms with Gasteiger partial charge in [-0.25, -0.2) is 0 Å². The summed E-state index contributed by atoms with van der Waals surface area (Å²) >= 11 is 0. The molecule has 1 atom stereocenters. The van der Waals surface area contributed by atoms with E-state index in [-0.39, 0.29) is 13.2 Å². The van der Waals surface area contributed by atoms with Crippen molar-refractivity contribution in [3.8, 4) is 0 Å². The number of carbonyl (C=O) groups is 1. The van der Waals surface area contributed by atoms with E-state index >= 15 is 0 Å². The van der Waals surface area contributed by atoms with Crippen LogP contribution < -0.4 is 5.73 Å². The van der Waals surface area contributed by atoms with Crippen molar-refractivity contribution in [3.05, 3.63) is 0 Å². The second-order valence-corrected chi connectivity index (χ2v) is 3.80. The summed E-state index contributed by atoms with van der Waals surface area (Å²) in [6.45, 7) is 3.84. The van der Waals surface area contributed by atoms with Crippen LogP contribution in [0.4, 0.5) is 0 Å². The Bertz CT molecular complexity index is 182. The van der Waals surface area contributed by atoms with Gasteiger partial charge in [0.05, 0.1) is 6.61 Å². The fourth-order valence-electron chi connectivity index (χ4n) is 0.741. The Labute approximate surface area is 78.1 Å². The number of aliphatic carboxylic acids is 1. The first-order valence-electron chi connectivity index (χ1n) is 4.11. The summed E-state index contributed by atoms with van der Waals surface area (Å²) in [5.41, 5.74) is 4.91. The molecule has 0 aromatic rings. The van der Waals surface area contributed by atoms with Crippen LogP contribution in [-0.2, 0) is 4.79 Å². The van der Waals surface area contributed by atoms with Crippen molar-refractivity contribution >= 4 is 5.97 Å². The SMILES string of the molecule is CN(CC(N)C(=O)O)C(C)(C)CO. The molecule has 0 heterocycles. The van der Waals surface area contributed by atoms with Gasteiger partial charge in [-0.2, -0.15) is 0 Å². The molecule has 13 heavy (non-hydrogen) atoms. The Morgan fingerprint density at radius 3 is 2.38 bits per heavy atom. The molecule has 0 rings (SSSR count). The van der Waals surface area contributed by atoms with E-state index in [9.17, 15) is 4.79 Å². The standard InChI is InChI=1S/C8H18N2O3/c1-8(2,5-11)10(3)4-6(9)7(12)13/h6,11H,4-5,9H2,1-3H3,(H,12,13). The molecule has 0 saturated carbocycles. The van der Waals surface area contributed by atoms with Crippen LogP contribution in [0.25, 0.3) is 0 Å². The molecule has 0 aliphatic rings. The number of nitrogens with zero attached hydrogens (tertiary/aromatic N) is 1. The van der Waals surface area contributed by atoms with Gasteiger partial charge in [-0.15, -0.1) is 0 Å². The van der Waals surface area contributed by atoms with E-state index in [4.69, 9.17) is 15.9 Å². The number of nitrogens with two attached hydrogens (primary N) is 1. The maximum atomic E-state index is 10.4. The van der Waals surface area contributed by atoms with Crippen molar-refractivity contribution in [2.24, 2.45) is 5.73 Å². The Kier molecular flexibility index (Phi) is 4.32. The lowest BCUT2D eigenvalue weighted by Crippen LogP contribution is -2.51. The molecular weight excluding hydrogens is 172 g/mol. The van der Waals surface area contributed by atoms with Crippen molar-refractivity contribution in [1.29, 1.82) is 0 Å². The van der Waals surface area contributed by atoms with E-state index in [1.54, 1.807) is 11.9 Å². The van der Waals surface area contributed by atoms with Gasteiger partial charge in [-0.05, 0) is 20.9 Å². The molecule has 0 spiro atoms. The lowest BCUT2D eigenvalue weighted by atomic mass is 10.0. The van der Waals surface area contributed by atoms with Gasteiger partial charge in [0.15, 0.2) is 0 Å². The van der Waals surface area contributed by atoms with Crippen molar-refractivity contribution in [1.82, 2.24) is 4.90 Å². The number of likely N-dealkylation sites (N-methyl/N-ethyl adjacent to an activating group) is 1. The molecule has 0 aromatic heterocycles. The summed E-state index contributed by atoms with van der Waals surface area (Å²) in [6, 6.07) is -0.907. The number of hydrogen-bond donors (Lipinski definition) is 3. The summed E-state index contributed by atoms with van der Waals surface area (Å²) in [7, 11) is 1.74. The topological polar surface area (TPSA) is 86.8 Å². The summed E-state index contributed by atoms with van der Waals surface area (Å²) in [4.78, 5) is 12.2. The Balaban J connectivity index is 4.14. The molecule has 4 N–H and O–H groups in total. The minimum absolute atomic E-state index is 0.0319. The molecule has 1 unspecified atom stereocenters. The first-order chi connectivity index (χ1) is 5.81. The average Bonchev–Trinajstić information content (AvgIpc) is 2.04. The molecule has 0 aliphatic heterocycles. The average molecular weight is 190 g/mol. The lowest BCUT2D eigenvalue weighted by molar-refractivity contribution is -0.139. The highest BCUT2D eigenvalue weighted by Crippen LogP contribution is 2.10. The summed E-state index contributed by atoms with van der Waals surface area (Å²) in [6.07, 6.45) is 0. The molecule has 0 radical (unpaired) electrons. The van der Waals surface area contributed by atoms with E-state index in [1.807, 2.05) is 13.8 Å². The van der Waals surface area contributed by atoms with Gasteiger partial charge in [0.1, 0.15) is 6.04 Å². The van der Waals surface area contributed by atoms with Crippen molar-refractivity contribution in [3.63, 3.8) is 0 Å². The Hall–Kier alpha value is -0.650. The van der Waals surface area contributed by atoms with Crippen molar-refractivity contribution < 1.29 is 15.0 Å². The van der Waals surface area contributed by atoms with E-state index in [1.165, 1.54) is 0 Å². The third-order valence-electron chi connectivity index (χ3n) is 2.21. The van der Waals surface area contributed by atoms with Crippen LogP contribution in [0.3, 0.4) is 0 Å². The summed E-state index contributed by atoms with van der Waals surface area (Å²) in [5.74, 6) is -1.03. The maximum absolute atomic E-state index is 10.4. The van der Waals surface area contributed by atoms with Crippen LogP contribution in [0, 0.1) is 0 Å². The van der Waals surface area contributed by atoms with Gasteiger partial charge < -0.3 is 15.9 Å². The van der Waals surface area contributed by atoms with Gasteiger partial charge >= 0.3 is 5.97 Å². The summed E-state index contributed by atoms with van der Waals surface area (Å²) in [5, 5.41) is 17.5. The lowest BCUT2D eigenvalue weighted by Gasteiger charge is -2.34. The van der Waals surface area contributed by atoms with Crippen LogP contribution in [0.1, 0.15) is 13.8 Å². The molecule has 0 fully saturated rings. The number of carboxylic acids is 1. The van der Waals surface area contributed by atoms with E-state index in [2.05, 4.69) is 0 Å². The normalized spacial score (nSPS) is 14.6. The number of aliphatic hydroxyl groups excluding tert-OH is 1. The van der Waals surface area contributed by atoms with E-state index < -0.39 is 17.6 Å². The predicted octanol–water partition coefficient (Wildman–Crippen LogP) is -0.899. The molecule has 0 amide bonds. The first-order valence-corrected chi connectivity index (χ1v) is 4.11. The van der Waals surface area contributed by atoms with Crippen molar-refractivity contribution in [2.75, 3.05) is 20.2 Å². The number of rotatable bonds is 5. The molecule has 78 valence electrons. The molecule has 0 aromatic carbocycles. The smallest absolute Gasteiger partial charge is 0.321 e. The van der Waals surface area contributed by atoms with Crippen LogP contribution >= 0.6 is 0 Å². The Morgan fingerprint density at radius 1 is 1.62 bits per heavy atom. The highest BCUT2D eigenvalue weighted by Gasteiger charge is 2.25. The third kappa shape index (κ3) is 3.71. The number of hydrogen-bond acceptors (Lipinski definition) is 4. The quantitative estimate of drug-likeness (QED) is 0.523. The van der Waals surface area contributed by atoms with Gasteiger partial charge in [0.25, 0.3) is 0 Å². The first kappa shape index (κ1) is 12.3. The number of aliphatic hydroxyl groups is 1. The zero-order chi connectivity index (χ0) is 10.6. The van der Waals surface area contributed by atoms with Crippen LogP contribution in [0.2, 0.25) is 0 Å². The van der Waals surface area contributed by atoms with Crippen LogP contribution in [0.5, 0.6) is 0 Å². The maximum Gasteiger partial charge on any atom is 0.321 e. The van der Waals surface area contributed by atoms with Crippen molar-refractivity contribution in [2.45, 2.75) is 25.4 Å². The molecule has 0 saturated heterocycles. The minimum atomic E-state index is -1.03. The second-order valence-electron chi connectivity index (χ2n) is 3.80. The van der Waals surface area contributed by atoms with Crippen LogP contribution in [-0.4, -0.2) is 52.9 Å². The van der Waals surface area contributed by atoms with Gasteiger partial charge in [0, 0.05) is 12.1 Å². The monoisotopic (exact) mass is 190 g/mol. The highest BCUT2D eigenvalue weighted by molar-refractivity contribution is 5.73. The zero-order valence-electron chi connectivity index (χ0n) is 8.32. The zero-order valence-corrected chi connectivity index (χ0v) is 8.32. The molecule has 5 heteroatoms. The summed E-state index contributed by atoms with van der Waals surface area (Å²) < 4.78 is 0. The number of carboxylic acid groups (broad SMARTS) is 1. The highest BCUT2D eigenvalue weighted by atomic mass is 16.4. The van der Waals surface area contributed by atoms with Crippen LogP contribution in [0.15, 0.2) is 0 Å². The van der Waals surface area contributed by atoms with Gasteiger partial charge in [0.2, 0.25) is 0 Å². The Morgan fingerprint density at radius 2 is 2.08 bits per heavy atom. The van der Waals surface area contributed by atoms with Gasteiger partial charge in [-0.3, -0.25) is 9.69 Å². The van der Waals surface area contributed by atoms with E-state index in [0.717, 1.165) is 0 Å². The largest absolute Gasteiger partial charge is 0.480 e. The molecule has 0 bridgehead atoms. The fourth-order valence-corrected chi connectivity index (χ4v) is 0.741. The minimum Gasteiger partial charge on any atom is -0.480 e. The molecule has 0 aliphatic carbocycles.